The van der Waals surface area contributed by atoms with Gasteiger partial charge in [0, 0.05) is 26.2 Å². The molecular weight excluding hydrogens is 416 g/mol. The normalized spacial score (nSPS) is 9.64. The van der Waals surface area contributed by atoms with Gasteiger partial charge in [-0.15, -0.1) is 35.9 Å². The zero-order chi connectivity index (χ0) is 19.0. The average Bonchev–Trinajstić information content (AvgIpc) is 3.48. The van der Waals surface area contributed by atoms with Crippen molar-refractivity contribution in [3.05, 3.63) is 151 Å². The van der Waals surface area contributed by atoms with Crippen LogP contribution in [-0.2, 0) is 26.2 Å². The zero-order valence-electron chi connectivity index (χ0n) is 16.0. The molecule has 140 valence electrons. The second-order valence-electron chi connectivity index (χ2n) is 5.69. The number of benzene rings is 2. The molecule has 0 bridgehead atoms. The molecule has 0 atom stereocenters. The third-order valence-electron chi connectivity index (χ3n) is 3.60. The van der Waals surface area contributed by atoms with Gasteiger partial charge in [0.2, 0.25) is 0 Å². The molecule has 0 aliphatic rings. The summed E-state index contributed by atoms with van der Waals surface area (Å²) in [6.45, 7) is 3.68. The number of allylic oxidation sites excluding steroid dienone is 2. The topological polar surface area (TPSA) is 0 Å². The van der Waals surface area contributed by atoms with Gasteiger partial charge in [-0.2, -0.15) is 48.4 Å². The van der Waals surface area contributed by atoms with Crippen LogP contribution in [-0.4, -0.2) is 0 Å². The van der Waals surface area contributed by atoms with Gasteiger partial charge in [-0.05, 0) is 0 Å². The molecule has 0 spiro atoms. The van der Waals surface area contributed by atoms with E-state index in [1.165, 1.54) is 5.56 Å². The SMILES string of the molecule is C=[C-]CC(=[C-]c1ccccc1)c1ccccc1.[Zr].c1cc[cH-]c1.c1cc[cH-]c1. The number of rotatable bonds is 4. The molecule has 0 unspecified atom stereocenters. The largest absolute Gasteiger partial charge is 0.501 e. The monoisotopic (exact) mass is 438 g/mol. The molecule has 4 aromatic rings. The van der Waals surface area contributed by atoms with Crippen molar-refractivity contribution in [3.8, 4) is 0 Å². The predicted molar refractivity (Wildman–Crippen MR) is 116 cm³/mol. The van der Waals surface area contributed by atoms with Crippen molar-refractivity contribution in [2.24, 2.45) is 0 Å². The summed E-state index contributed by atoms with van der Waals surface area (Å²) in [5.41, 5.74) is 3.38. The molecule has 0 aromatic heterocycles. The Labute approximate surface area is 188 Å². The van der Waals surface area contributed by atoms with E-state index in [2.05, 4.69) is 30.9 Å². The molecule has 1 heteroatoms. The third kappa shape index (κ3) is 10.00. The standard InChI is InChI=1S/C17H14.2C5H5.Zr/c1-2-9-17(16-12-7-4-8-13-16)14-15-10-5-3-6-11-15;2*1-2-4-5-3-1;/h3-8,10-13H,1,9H2;2*1-5H;/q-2;2*-1;. The summed E-state index contributed by atoms with van der Waals surface area (Å²) in [5.74, 6) is 0. The Morgan fingerprint density at radius 1 is 0.679 bits per heavy atom. The molecule has 0 saturated carbocycles. The molecule has 4 rings (SSSR count). The molecule has 0 aliphatic heterocycles. The fraction of sp³-hybridized carbons (Fsp3) is 0.0370. The van der Waals surface area contributed by atoms with Crippen molar-refractivity contribution in [1.82, 2.24) is 0 Å². The van der Waals surface area contributed by atoms with Crippen LogP contribution in [0.5, 0.6) is 0 Å². The first kappa shape index (κ1) is 23.5. The molecule has 0 nitrogen and oxygen atoms in total. The van der Waals surface area contributed by atoms with Crippen LogP contribution in [0.3, 0.4) is 0 Å². The smallest absolute Gasteiger partial charge is 0 e. The van der Waals surface area contributed by atoms with E-state index >= 15 is 0 Å². The molecule has 0 heterocycles. The van der Waals surface area contributed by atoms with Gasteiger partial charge in [-0.3, -0.25) is 6.58 Å². The van der Waals surface area contributed by atoms with Gasteiger partial charge in [-0.1, -0.05) is 42.0 Å². The van der Waals surface area contributed by atoms with Crippen LogP contribution in [0.1, 0.15) is 17.5 Å². The summed E-state index contributed by atoms with van der Waals surface area (Å²) in [4.78, 5) is 0. The van der Waals surface area contributed by atoms with Gasteiger partial charge in [0.05, 0.1) is 0 Å². The molecule has 0 amide bonds. The minimum Gasteiger partial charge on any atom is -0.501 e. The van der Waals surface area contributed by atoms with E-state index < -0.39 is 0 Å². The fourth-order valence-electron chi connectivity index (χ4n) is 2.32. The van der Waals surface area contributed by atoms with Crippen molar-refractivity contribution in [3.63, 3.8) is 0 Å². The van der Waals surface area contributed by atoms with Crippen molar-refractivity contribution >= 4 is 5.57 Å². The van der Waals surface area contributed by atoms with E-state index in [1.807, 2.05) is 109 Å². The minimum absolute atomic E-state index is 0. The summed E-state index contributed by atoms with van der Waals surface area (Å²) in [6.07, 6.45) is 7.05. The van der Waals surface area contributed by atoms with E-state index in [0.29, 0.717) is 6.42 Å². The van der Waals surface area contributed by atoms with Gasteiger partial charge in [0.25, 0.3) is 0 Å². The molecule has 0 radical (unpaired) electrons. The first-order valence-corrected chi connectivity index (χ1v) is 8.97. The van der Waals surface area contributed by atoms with Crippen LogP contribution in [0.25, 0.3) is 5.57 Å². The maximum absolute atomic E-state index is 3.68. The van der Waals surface area contributed by atoms with Gasteiger partial charge in [0.1, 0.15) is 0 Å². The van der Waals surface area contributed by atoms with Gasteiger partial charge < -0.3 is 6.08 Å². The summed E-state index contributed by atoms with van der Waals surface area (Å²) in [7, 11) is 0. The molecule has 0 N–H and O–H groups in total. The van der Waals surface area contributed by atoms with E-state index in [1.54, 1.807) is 0 Å². The molecular formula is C27H24Zr-4. The summed E-state index contributed by atoms with van der Waals surface area (Å²) in [6, 6.07) is 40.4. The maximum Gasteiger partial charge on any atom is 0 e. The van der Waals surface area contributed by atoms with Gasteiger partial charge in [0.15, 0.2) is 0 Å². The van der Waals surface area contributed by atoms with Crippen molar-refractivity contribution in [1.29, 1.82) is 0 Å². The van der Waals surface area contributed by atoms with E-state index in [-0.39, 0.29) is 26.2 Å². The second kappa shape index (κ2) is 15.6. The summed E-state index contributed by atoms with van der Waals surface area (Å²) >= 11 is 0. The van der Waals surface area contributed by atoms with E-state index in [9.17, 15) is 0 Å². The van der Waals surface area contributed by atoms with E-state index in [0.717, 1.165) is 11.1 Å². The Morgan fingerprint density at radius 2 is 1.14 bits per heavy atom. The summed E-state index contributed by atoms with van der Waals surface area (Å²) in [5, 5.41) is 0. The molecule has 0 fully saturated rings. The molecule has 0 aliphatic carbocycles. The Kier molecular flexibility index (Phi) is 13.1. The Morgan fingerprint density at radius 3 is 1.54 bits per heavy atom. The number of hydrogen-bond acceptors (Lipinski definition) is 0. The number of hydrogen-bond donors (Lipinski definition) is 0. The maximum atomic E-state index is 3.68. The zero-order valence-corrected chi connectivity index (χ0v) is 18.4. The Bertz CT molecular complexity index is 779. The fourth-order valence-corrected chi connectivity index (χ4v) is 2.32. The quantitative estimate of drug-likeness (QED) is 0.235. The van der Waals surface area contributed by atoms with Crippen LogP contribution in [0.2, 0.25) is 0 Å². The van der Waals surface area contributed by atoms with Crippen LogP contribution in [0, 0.1) is 12.2 Å². The van der Waals surface area contributed by atoms with Crippen LogP contribution in [0.15, 0.2) is 128 Å². The van der Waals surface area contributed by atoms with Gasteiger partial charge in [-0.25, -0.2) is 24.3 Å². The van der Waals surface area contributed by atoms with Crippen LogP contribution < -0.4 is 0 Å². The van der Waals surface area contributed by atoms with Crippen LogP contribution >= 0.6 is 0 Å². The molecule has 28 heavy (non-hydrogen) atoms. The predicted octanol–water partition coefficient (Wildman–Crippen LogP) is 7.11. The Balaban J connectivity index is 0.000000290. The van der Waals surface area contributed by atoms with Crippen molar-refractivity contribution in [2.45, 2.75) is 6.42 Å². The Hall–Kier alpha value is -2.50. The minimum atomic E-state index is 0. The van der Waals surface area contributed by atoms with Gasteiger partial charge >= 0.3 is 0 Å². The molecule has 4 aromatic carbocycles. The van der Waals surface area contributed by atoms with E-state index in [4.69, 9.17) is 0 Å². The third-order valence-corrected chi connectivity index (χ3v) is 3.60. The summed E-state index contributed by atoms with van der Waals surface area (Å²) < 4.78 is 0. The first-order valence-electron chi connectivity index (χ1n) is 8.97. The average molecular weight is 440 g/mol. The first-order chi connectivity index (χ1) is 13.4. The van der Waals surface area contributed by atoms with Crippen molar-refractivity contribution in [2.75, 3.05) is 0 Å². The second-order valence-corrected chi connectivity index (χ2v) is 5.69. The molecule has 0 saturated heterocycles. The van der Waals surface area contributed by atoms with Crippen molar-refractivity contribution < 1.29 is 26.2 Å². The van der Waals surface area contributed by atoms with Crippen LogP contribution in [0.4, 0.5) is 0 Å².